The second-order valence-electron chi connectivity index (χ2n) is 3.59. The van der Waals surface area contributed by atoms with Gasteiger partial charge in [-0.3, -0.25) is 9.59 Å². The molecular formula is C11H16N2O3S. The second kappa shape index (κ2) is 6.56. The first-order valence-electron chi connectivity index (χ1n) is 5.43. The highest BCUT2D eigenvalue weighted by atomic mass is 32.2. The molecule has 94 valence electrons. The summed E-state index contributed by atoms with van der Waals surface area (Å²) in [7, 11) is 0. The molecule has 6 heteroatoms. The van der Waals surface area contributed by atoms with E-state index in [1.54, 1.807) is 13.8 Å². The Labute approximate surface area is 104 Å². The fourth-order valence-electron chi connectivity index (χ4n) is 1.31. The number of hydrogen-bond donors (Lipinski definition) is 2. The zero-order valence-electron chi connectivity index (χ0n) is 9.95. The molecule has 0 bridgehead atoms. The van der Waals surface area contributed by atoms with Crippen LogP contribution in [0.2, 0.25) is 0 Å². The Morgan fingerprint density at radius 3 is 2.76 bits per heavy atom. The summed E-state index contributed by atoms with van der Waals surface area (Å²) in [5, 5.41) is 9.27. The summed E-state index contributed by atoms with van der Waals surface area (Å²) >= 11 is 1.23. The van der Waals surface area contributed by atoms with Gasteiger partial charge in [0, 0.05) is 30.7 Å². The molecule has 0 radical (unpaired) electrons. The number of hydrogen-bond acceptors (Lipinski definition) is 5. The van der Waals surface area contributed by atoms with Crippen molar-refractivity contribution < 1.29 is 9.90 Å². The van der Waals surface area contributed by atoms with Crippen LogP contribution in [-0.4, -0.2) is 33.2 Å². The molecule has 1 aromatic heterocycles. The van der Waals surface area contributed by atoms with Gasteiger partial charge >= 0.3 is 0 Å². The zero-order valence-corrected chi connectivity index (χ0v) is 10.8. The summed E-state index contributed by atoms with van der Waals surface area (Å²) in [4.78, 5) is 29.6. The number of H-pyrrole nitrogens is 1. The first-order chi connectivity index (χ1) is 8.08. The Bertz CT molecular complexity index is 457. The third-order valence-electron chi connectivity index (χ3n) is 2.33. The molecule has 0 amide bonds. The molecule has 0 fully saturated rings. The van der Waals surface area contributed by atoms with E-state index in [-0.39, 0.29) is 17.9 Å². The molecule has 0 saturated heterocycles. The lowest BCUT2D eigenvalue weighted by atomic mass is 10.2. The lowest BCUT2D eigenvalue weighted by Gasteiger charge is -2.05. The van der Waals surface area contributed by atoms with Gasteiger partial charge in [-0.2, -0.15) is 0 Å². The molecule has 0 aromatic carbocycles. The van der Waals surface area contributed by atoms with Crippen molar-refractivity contribution >= 4 is 17.5 Å². The molecule has 0 aliphatic heterocycles. The van der Waals surface area contributed by atoms with E-state index in [9.17, 15) is 9.59 Å². The molecule has 1 rings (SSSR count). The number of carbonyl (C=O) groups is 1. The Morgan fingerprint density at radius 2 is 2.24 bits per heavy atom. The number of aliphatic hydroxyl groups is 1. The molecule has 0 aliphatic carbocycles. The number of carbonyl (C=O) groups excluding carboxylic acids is 1. The van der Waals surface area contributed by atoms with Crippen LogP contribution < -0.4 is 5.56 Å². The highest BCUT2D eigenvalue weighted by Crippen LogP contribution is 2.13. The number of aromatic amines is 1. The summed E-state index contributed by atoms with van der Waals surface area (Å²) in [6.07, 6.45) is 0.784. The van der Waals surface area contributed by atoms with E-state index in [1.165, 1.54) is 11.8 Å². The highest BCUT2D eigenvalue weighted by molar-refractivity contribution is 7.99. The highest BCUT2D eigenvalue weighted by Gasteiger charge is 2.09. The van der Waals surface area contributed by atoms with Crippen molar-refractivity contribution in [1.82, 2.24) is 9.97 Å². The van der Waals surface area contributed by atoms with Gasteiger partial charge < -0.3 is 10.1 Å². The molecule has 2 N–H and O–H groups in total. The smallest absolute Gasteiger partial charge is 0.255 e. The van der Waals surface area contributed by atoms with Crippen LogP contribution >= 0.6 is 11.8 Å². The van der Waals surface area contributed by atoms with Crippen LogP contribution in [-0.2, 0) is 11.2 Å². The molecule has 17 heavy (non-hydrogen) atoms. The topological polar surface area (TPSA) is 83.0 Å². The van der Waals surface area contributed by atoms with Crippen molar-refractivity contribution in [2.75, 3.05) is 12.4 Å². The van der Waals surface area contributed by atoms with Crippen LogP contribution in [0.5, 0.6) is 0 Å². The number of aromatic nitrogens is 2. The summed E-state index contributed by atoms with van der Waals surface area (Å²) in [6.45, 7) is 3.45. The number of rotatable bonds is 6. The standard InChI is InChI=1S/C11H16N2O3S/c1-3-8(15)6-17-11-12-7(2)9(4-5-14)10(16)13-11/h14H,3-6H2,1-2H3,(H,12,13,16). The van der Waals surface area contributed by atoms with Crippen LogP contribution in [0.25, 0.3) is 0 Å². The Balaban J connectivity index is 2.83. The summed E-state index contributed by atoms with van der Waals surface area (Å²) in [5.41, 5.74) is 0.867. The lowest BCUT2D eigenvalue weighted by molar-refractivity contribution is -0.116. The normalized spacial score (nSPS) is 10.5. The minimum absolute atomic E-state index is 0.0770. The van der Waals surface area contributed by atoms with Gasteiger partial charge in [-0.25, -0.2) is 4.98 Å². The lowest BCUT2D eigenvalue weighted by Crippen LogP contribution is -2.18. The van der Waals surface area contributed by atoms with Crippen molar-refractivity contribution in [3.8, 4) is 0 Å². The molecule has 5 nitrogen and oxygen atoms in total. The maximum absolute atomic E-state index is 11.7. The summed E-state index contributed by atoms with van der Waals surface area (Å²) in [6, 6.07) is 0. The Hall–Kier alpha value is -1.14. The molecular weight excluding hydrogens is 240 g/mol. The van der Waals surface area contributed by atoms with Gasteiger partial charge in [-0.15, -0.1) is 0 Å². The fraction of sp³-hybridized carbons (Fsp3) is 0.545. The molecule has 0 saturated carbocycles. The third kappa shape index (κ3) is 3.98. The van der Waals surface area contributed by atoms with Crippen LogP contribution in [0.3, 0.4) is 0 Å². The number of aryl methyl sites for hydroxylation is 1. The number of ketones is 1. The fourth-order valence-corrected chi connectivity index (χ4v) is 2.18. The van der Waals surface area contributed by atoms with E-state index in [0.717, 1.165) is 0 Å². The van der Waals surface area contributed by atoms with Crippen molar-refractivity contribution in [3.63, 3.8) is 0 Å². The van der Waals surface area contributed by atoms with Gasteiger partial charge in [0.1, 0.15) is 5.78 Å². The monoisotopic (exact) mass is 256 g/mol. The average Bonchev–Trinajstić information content (AvgIpc) is 2.30. The van der Waals surface area contributed by atoms with Crippen LogP contribution in [0.4, 0.5) is 0 Å². The Kier molecular flexibility index (Phi) is 5.37. The number of thioether (sulfide) groups is 1. The number of aliphatic hydroxyl groups excluding tert-OH is 1. The van der Waals surface area contributed by atoms with E-state index in [2.05, 4.69) is 9.97 Å². The third-order valence-corrected chi connectivity index (χ3v) is 3.26. The van der Waals surface area contributed by atoms with E-state index >= 15 is 0 Å². The molecule has 0 unspecified atom stereocenters. The van der Waals surface area contributed by atoms with Gasteiger partial charge in [0.05, 0.1) is 5.75 Å². The predicted molar refractivity (Wildman–Crippen MR) is 66.4 cm³/mol. The predicted octanol–water partition coefficient (Wildman–Crippen LogP) is 0.684. The molecule has 0 aliphatic rings. The Morgan fingerprint density at radius 1 is 1.53 bits per heavy atom. The van der Waals surface area contributed by atoms with Crippen molar-refractivity contribution in [2.45, 2.75) is 31.8 Å². The van der Waals surface area contributed by atoms with Gasteiger partial charge in [-0.1, -0.05) is 18.7 Å². The summed E-state index contributed by atoms with van der Waals surface area (Å²) in [5.74, 6) is 0.438. The van der Waals surface area contributed by atoms with E-state index < -0.39 is 0 Å². The van der Waals surface area contributed by atoms with Gasteiger partial charge in [0.25, 0.3) is 5.56 Å². The van der Waals surface area contributed by atoms with Crippen LogP contribution in [0, 0.1) is 6.92 Å². The second-order valence-corrected chi connectivity index (χ2v) is 4.55. The largest absolute Gasteiger partial charge is 0.396 e. The van der Waals surface area contributed by atoms with Gasteiger partial charge in [0.15, 0.2) is 5.16 Å². The SMILES string of the molecule is CCC(=O)CSc1nc(C)c(CCO)c(=O)[nH]1. The minimum Gasteiger partial charge on any atom is -0.396 e. The zero-order chi connectivity index (χ0) is 12.8. The number of nitrogens with zero attached hydrogens (tertiary/aromatic N) is 1. The van der Waals surface area contributed by atoms with E-state index in [1.807, 2.05) is 0 Å². The van der Waals surface area contributed by atoms with Crippen molar-refractivity contribution in [2.24, 2.45) is 0 Å². The van der Waals surface area contributed by atoms with Gasteiger partial charge in [-0.05, 0) is 6.92 Å². The molecule has 1 heterocycles. The number of Topliss-reactive ketones (excluding diaryl/α,β-unsaturated/α-hetero) is 1. The van der Waals surface area contributed by atoms with Crippen LogP contribution in [0.15, 0.2) is 9.95 Å². The molecule has 0 atom stereocenters. The maximum Gasteiger partial charge on any atom is 0.255 e. The molecule has 0 spiro atoms. The average molecular weight is 256 g/mol. The molecule has 1 aromatic rings. The van der Waals surface area contributed by atoms with Crippen LogP contribution in [0.1, 0.15) is 24.6 Å². The quantitative estimate of drug-likeness (QED) is 0.578. The van der Waals surface area contributed by atoms with Crippen molar-refractivity contribution in [1.29, 1.82) is 0 Å². The summed E-state index contributed by atoms with van der Waals surface area (Å²) < 4.78 is 0. The number of nitrogens with one attached hydrogen (secondary N) is 1. The van der Waals surface area contributed by atoms with E-state index in [0.29, 0.717) is 35.0 Å². The van der Waals surface area contributed by atoms with E-state index in [4.69, 9.17) is 5.11 Å². The first-order valence-corrected chi connectivity index (χ1v) is 6.42. The van der Waals surface area contributed by atoms with Crippen molar-refractivity contribution in [3.05, 3.63) is 21.6 Å². The first kappa shape index (κ1) is 13.9. The maximum atomic E-state index is 11.7. The minimum atomic E-state index is -0.238. The van der Waals surface area contributed by atoms with Gasteiger partial charge in [0.2, 0.25) is 0 Å².